The van der Waals surface area contributed by atoms with Gasteiger partial charge in [-0.25, -0.2) is 4.98 Å². The van der Waals surface area contributed by atoms with E-state index < -0.39 is 0 Å². The molecule has 2 aromatic heterocycles. The van der Waals surface area contributed by atoms with Crippen LogP contribution in [0.5, 0.6) is 0 Å². The Bertz CT molecular complexity index is 1030. The summed E-state index contributed by atoms with van der Waals surface area (Å²) in [6.07, 6.45) is 2.16. The van der Waals surface area contributed by atoms with Crippen LogP contribution in [-0.2, 0) is 11.3 Å². The van der Waals surface area contributed by atoms with E-state index in [4.69, 9.17) is 16.1 Å². The van der Waals surface area contributed by atoms with Crippen LogP contribution in [-0.4, -0.2) is 51.7 Å². The first-order chi connectivity index (χ1) is 14.0. The molecule has 0 saturated heterocycles. The van der Waals surface area contributed by atoms with Crippen LogP contribution < -0.4 is 10.9 Å². The second kappa shape index (κ2) is 11.1. The van der Waals surface area contributed by atoms with Crippen molar-refractivity contribution >= 4 is 41.0 Å². The molecule has 0 spiro atoms. The van der Waals surface area contributed by atoms with Crippen molar-refractivity contribution in [2.75, 3.05) is 26.2 Å². The minimum absolute atomic E-state index is 0. The van der Waals surface area contributed by atoms with Crippen LogP contribution in [0.1, 0.15) is 20.3 Å². The summed E-state index contributed by atoms with van der Waals surface area (Å²) in [6, 6.07) is 6.91. The number of nitrogens with one attached hydrogen (secondary N) is 1. The van der Waals surface area contributed by atoms with Gasteiger partial charge in [-0.15, -0.1) is 12.4 Å². The number of hydrogen-bond donors (Lipinski definition) is 1. The van der Waals surface area contributed by atoms with Gasteiger partial charge < -0.3 is 14.7 Å². The van der Waals surface area contributed by atoms with E-state index >= 15 is 0 Å². The third-order valence-corrected chi connectivity index (χ3v) is 5.01. The second-order valence-electron chi connectivity index (χ2n) is 6.63. The molecule has 0 aliphatic rings. The predicted octanol–water partition coefficient (Wildman–Crippen LogP) is 2.97. The number of fused-ring (bicyclic) bond motifs is 1. The van der Waals surface area contributed by atoms with E-state index in [0.29, 0.717) is 22.8 Å². The van der Waals surface area contributed by atoms with Crippen molar-refractivity contribution in [1.29, 1.82) is 0 Å². The Morgan fingerprint density at radius 1 is 1.23 bits per heavy atom. The molecule has 1 N–H and O–H groups in total. The van der Waals surface area contributed by atoms with Crippen LogP contribution in [0.3, 0.4) is 0 Å². The molecule has 3 aromatic rings. The van der Waals surface area contributed by atoms with Gasteiger partial charge in [0.1, 0.15) is 24.0 Å². The fourth-order valence-corrected chi connectivity index (χ4v) is 3.20. The summed E-state index contributed by atoms with van der Waals surface area (Å²) in [5.74, 6) is -0.239. The maximum Gasteiger partial charge on any atom is 0.267 e. The maximum absolute atomic E-state index is 12.9. The molecule has 0 aliphatic heterocycles. The SMILES string of the molecule is CCN(CC)CCCNC(=O)Cn1cnc2onc(-c3ccc(Cl)cc3)c2c1=O.Cl. The normalized spacial score (nSPS) is 10.9. The molecule has 0 atom stereocenters. The average molecular weight is 454 g/mol. The lowest BCUT2D eigenvalue weighted by molar-refractivity contribution is -0.121. The molecular formula is C20H25Cl2N5O3. The fraction of sp³-hybridized carbons (Fsp3) is 0.400. The molecule has 3 rings (SSSR count). The van der Waals surface area contributed by atoms with Crippen molar-refractivity contribution in [3.8, 4) is 11.3 Å². The summed E-state index contributed by atoms with van der Waals surface area (Å²) in [5, 5.41) is 7.64. The van der Waals surface area contributed by atoms with Gasteiger partial charge in [0.25, 0.3) is 11.3 Å². The number of rotatable bonds is 9. The topological polar surface area (TPSA) is 93.3 Å². The number of carbonyl (C=O) groups is 1. The van der Waals surface area contributed by atoms with E-state index in [9.17, 15) is 9.59 Å². The van der Waals surface area contributed by atoms with Crippen LogP contribution >= 0.6 is 24.0 Å². The van der Waals surface area contributed by atoms with Crippen LogP contribution in [0.2, 0.25) is 5.02 Å². The highest BCUT2D eigenvalue weighted by molar-refractivity contribution is 6.30. The molecule has 30 heavy (non-hydrogen) atoms. The van der Waals surface area contributed by atoms with Crippen molar-refractivity contribution < 1.29 is 9.32 Å². The van der Waals surface area contributed by atoms with Gasteiger partial charge in [-0.3, -0.25) is 14.2 Å². The molecule has 8 nitrogen and oxygen atoms in total. The Labute approximate surface area is 185 Å². The zero-order valence-corrected chi connectivity index (χ0v) is 18.5. The molecule has 10 heteroatoms. The van der Waals surface area contributed by atoms with Crippen LogP contribution in [0.15, 0.2) is 39.9 Å². The smallest absolute Gasteiger partial charge is 0.267 e. The van der Waals surface area contributed by atoms with Gasteiger partial charge in [0.15, 0.2) is 0 Å². The van der Waals surface area contributed by atoms with Gasteiger partial charge in [-0.1, -0.05) is 42.7 Å². The molecule has 0 fully saturated rings. The lowest BCUT2D eigenvalue weighted by Gasteiger charge is -2.17. The molecule has 162 valence electrons. The summed E-state index contributed by atoms with van der Waals surface area (Å²) in [5.41, 5.74) is 0.823. The summed E-state index contributed by atoms with van der Waals surface area (Å²) in [6.45, 7) is 7.56. The minimum Gasteiger partial charge on any atom is -0.354 e. The number of hydrogen-bond acceptors (Lipinski definition) is 6. The van der Waals surface area contributed by atoms with E-state index in [1.54, 1.807) is 24.3 Å². The number of amides is 1. The molecular weight excluding hydrogens is 429 g/mol. The Morgan fingerprint density at radius 3 is 2.60 bits per heavy atom. The number of nitrogens with zero attached hydrogens (tertiary/aromatic N) is 4. The number of aromatic nitrogens is 3. The molecule has 0 aliphatic carbocycles. The molecule has 2 heterocycles. The lowest BCUT2D eigenvalue weighted by Crippen LogP contribution is -2.34. The molecule has 1 aromatic carbocycles. The standard InChI is InChI=1S/C20H24ClN5O3.ClH/c1-3-25(4-2)11-5-10-22-16(27)12-26-13-23-19-17(20(26)28)18(24-29-19)14-6-8-15(21)9-7-14;/h6-9,13H,3-5,10-12H2,1-2H3,(H,22,27);1H. The lowest BCUT2D eigenvalue weighted by atomic mass is 10.1. The van der Waals surface area contributed by atoms with E-state index in [1.807, 2.05) is 0 Å². The predicted molar refractivity (Wildman–Crippen MR) is 119 cm³/mol. The zero-order chi connectivity index (χ0) is 20.8. The molecule has 0 saturated carbocycles. The van der Waals surface area contributed by atoms with Gasteiger partial charge in [0.05, 0.1) is 0 Å². The highest BCUT2D eigenvalue weighted by Crippen LogP contribution is 2.25. The highest BCUT2D eigenvalue weighted by Gasteiger charge is 2.18. The Morgan fingerprint density at radius 2 is 1.93 bits per heavy atom. The third kappa shape index (κ3) is 5.59. The monoisotopic (exact) mass is 453 g/mol. The Kier molecular flexibility index (Phi) is 8.83. The molecule has 0 unspecified atom stereocenters. The largest absolute Gasteiger partial charge is 0.354 e. The average Bonchev–Trinajstić information content (AvgIpc) is 3.16. The molecule has 0 bridgehead atoms. The van der Waals surface area contributed by atoms with Crippen LogP contribution in [0.25, 0.3) is 22.4 Å². The van der Waals surface area contributed by atoms with Gasteiger partial charge >= 0.3 is 0 Å². The summed E-state index contributed by atoms with van der Waals surface area (Å²) >= 11 is 5.92. The van der Waals surface area contributed by atoms with Crippen molar-refractivity contribution in [2.45, 2.75) is 26.8 Å². The summed E-state index contributed by atoms with van der Waals surface area (Å²) < 4.78 is 6.45. The first-order valence-corrected chi connectivity index (χ1v) is 10.0. The van der Waals surface area contributed by atoms with E-state index in [2.05, 4.69) is 34.2 Å². The van der Waals surface area contributed by atoms with Gasteiger partial charge in [-0.2, -0.15) is 0 Å². The van der Waals surface area contributed by atoms with Crippen molar-refractivity contribution in [2.24, 2.45) is 0 Å². The number of benzene rings is 1. The summed E-state index contributed by atoms with van der Waals surface area (Å²) in [7, 11) is 0. The maximum atomic E-state index is 12.9. The van der Waals surface area contributed by atoms with Gasteiger partial charge in [0, 0.05) is 17.1 Å². The Hall–Kier alpha value is -2.42. The van der Waals surface area contributed by atoms with E-state index in [1.165, 1.54) is 10.9 Å². The summed E-state index contributed by atoms with van der Waals surface area (Å²) in [4.78, 5) is 31.6. The van der Waals surface area contributed by atoms with Crippen LogP contribution in [0.4, 0.5) is 0 Å². The first kappa shape index (κ1) is 23.9. The first-order valence-electron chi connectivity index (χ1n) is 9.63. The highest BCUT2D eigenvalue weighted by atomic mass is 35.5. The van der Waals surface area contributed by atoms with Crippen molar-refractivity contribution in [1.82, 2.24) is 24.9 Å². The number of carbonyl (C=O) groups excluding carboxylic acids is 1. The van der Waals surface area contributed by atoms with E-state index in [-0.39, 0.29) is 41.5 Å². The zero-order valence-electron chi connectivity index (χ0n) is 16.9. The fourth-order valence-electron chi connectivity index (χ4n) is 3.08. The van der Waals surface area contributed by atoms with Gasteiger partial charge in [0.2, 0.25) is 5.91 Å². The minimum atomic E-state index is -0.375. The van der Waals surface area contributed by atoms with E-state index in [0.717, 1.165) is 26.1 Å². The Balaban J connectivity index is 0.00000320. The molecule has 0 radical (unpaired) electrons. The van der Waals surface area contributed by atoms with Crippen LogP contribution in [0, 0.1) is 0 Å². The van der Waals surface area contributed by atoms with Gasteiger partial charge in [-0.05, 0) is 38.2 Å². The van der Waals surface area contributed by atoms with Crippen molar-refractivity contribution in [3.05, 3.63) is 46.0 Å². The quantitative estimate of drug-likeness (QED) is 0.500. The third-order valence-electron chi connectivity index (χ3n) is 4.76. The second-order valence-corrected chi connectivity index (χ2v) is 7.06. The number of halogens is 2. The van der Waals surface area contributed by atoms with Crippen molar-refractivity contribution in [3.63, 3.8) is 0 Å². The molecule has 1 amide bonds.